The van der Waals surface area contributed by atoms with Gasteiger partial charge in [0.15, 0.2) is 0 Å². The van der Waals surface area contributed by atoms with Crippen molar-refractivity contribution in [1.29, 1.82) is 0 Å². The van der Waals surface area contributed by atoms with E-state index in [-0.39, 0.29) is 17.5 Å². The van der Waals surface area contributed by atoms with E-state index >= 15 is 0 Å². The van der Waals surface area contributed by atoms with Gasteiger partial charge in [0.05, 0.1) is 16.7 Å². The minimum atomic E-state index is -0.0707. The van der Waals surface area contributed by atoms with E-state index in [1.807, 2.05) is 0 Å². The molecule has 2 aliphatic rings. The van der Waals surface area contributed by atoms with E-state index in [0.717, 1.165) is 0 Å². The summed E-state index contributed by atoms with van der Waals surface area (Å²) in [6, 6.07) is 71.2. The highest BCUT2D eigenvalue weighted by Crippen LogP contribution is 2.48. The fourth-order valence-corrected chi connectivity index (χ4v) is 11.5. The zero-order chi connectivity index (χ0) is 43.9. The van der Waals surface area contributed by atoms with Gasteiger partial charge in [-0.1, -0.05) is 193 Å². The SMILES string of the molecule is CC(C)(C)c1ccc2c(c1)c1cc(C(C)(C)C)cc3c1n2-c1cc(-c2ccccc2-c2ccccc2)cc2c1B3c1c3ccccc3cc3c(-c4ccccc4)c(-c4ccccc4)n-2c13. The fraction of sp³-hybridized carbons (Fsp3) is 0.129. The lowest BCUT2D eigenvalue weighted by atomic mass is 9.33. The molecule has 0 atom stereocenters. The summed E-state index contributed by atoms with van der Waals surface area (Å²) >= 11 is 0. The Kier molecular flexibility index (Phi) is 7.97. The number of aromatic nitrogens is 2. The molecule has 310 valence electrons. The molecule has 0 amide bonds. The average Bonchev–Trinajstić information content (AvgIpc) is 3.85. The van der Waals surface area contributed by atoms with Crippen molar-refractivity contribution in [3.8, 4) is 56.0 Å². The van der Waals surface area contributed by atoms with Crippen LogP contribution in [-0.2, 0) is 10.8 Å². The van der Waals surface area contributed by atoms with E-state index in [9.17, 15) is 0 Å². The van der Waals surface area contributed by atoms with E-state index in [2.05, 4.69) is 239 Å². The summed E-state index contributed by atoms with van der Waals surface area (Å²) in [5.41, 5.74) is 23.0. The molecule has 2 nitrogen and oxygen atoms in total. The van der Waals surface area contributed by atoms with Crippen molar-refractivity contribution in [3.05, 3.63) is 199 Å². The van der Waals surface area contributed by atoms with Crippen molar-refractivity contribution < 1.29 is 0 Å². The van der Waals surface area contributed by atoms with E-state index in [1.165, 1.54) is 127 Å². The van der Waals surface area contributed by atoms with Gasteiger partial charge < -0.3 is 9.13 Å². The summed E-state index contributed by atoms with van der Waals surface area (Å²) in [5.74, 6) is 0. The van der Waals surface area contributed by atoms with Gasteiger partial charge in [0.25, 0.3) is 6.71 Å². The van der Waals surface area contributed by atoms with Crippen LogP contribution in [0.15, 0.2) is 188 Å². The first-order valence-electron chi connectivity index (χ1n) is 23.2. The van der Waals surface area contributed by atoms with Gasteiger partial charge in [-0.3, -0.25) is 0 Å². The van der Waals surface area contributed by atoms with Crippen LogP contribution in [0.1, 0.15) is 52.7 Å². The number of fused-ring (bicyclic) bond motifs is 9. The lowest BCUT2D eigenvalue weighted by Crippen LogP contribution is -2.60. The largest absolute Gasteiger partial charge is 0.310 e. The molecule has 11 aromatic rings. The van der Waals surface area contributed by atoms with Crippen molar-refractivity contribution in [2.45, 2.75) is 52.4 Å². The summed E-state index contributed by atoms with van der Waals surface area (Å²) in [6.07, 6.45) is 0. The van der Waals surface area contributed by atoms with Gasteiger partial charge in [-0.2, -0.15) is 0 Å². The highest BCUT2D eigenvalue weighted by Gasteiger charge is 2.44. The Labute approximate surface area is 381 Å². The Morgan fingerprint density at radius 1 is 0.385 bits per heavy atom. The van der Waals surface area contributed by atoms with Crippen LogP contribution in [0.2, 0.25) is 0 Å². The molecule has 0 saturated heterocycles. The zero-order valence-corrected chi connectivity index (χ0v) is 37.9. The molecule has 0 unspecified atom stereocenters. The molecule has 2 aliphatic heterocycles. The van der Waals surface area contributed by atoms with Gasteiger partial charge in [-0.05, 0) is 119 Å². The topological polar surface area (TPSA) is 9.86 Å². The molecule has 2 aromatic heterocycles. The number of hydrogen-bond acceptors (Lipinski definition) is 0. The van der Waals surface area contributed by atoms with E-state index in [4.69, 9.17) is 0 Å². The predicted molar refractivity (Wildman–Crippen MR) is 279 cm³/mol. The molecule has 0 aliphatic carbocycles. The van der Waals surface area contributed by atoms with Gasteiger partial charge in [0.2, 0.25) is 0 Å². The fourth-order valence-electron chi connectivity index (χ4n) is 11.5. The minimum absolute atomic E-state index is 0.000498. The smallest absolute Gasteiger partial charge is 0.253 e. The highest BCUT2D eigenvalue weighted by molar-refractivity contribution is 7.01. The monoisotopic (exact) mass is 832 g/mol. The Bertz CT molecular complexity index is 3760. The van der Waals surface area contributed by atoms with Gasteiger partial charge >= 0.3 is 0 Å². The average molecular weight is 833 g/mol. The predicted octanol–water partition coefficient (Wildman–Crippen LogP) is 14.3. The van der Waals surface area contributed by atoms with Crippen molar-refractivity contribution >= 4 is 66.6 Å². The van der Waals surface area contributed by atoms with Crippen molar-refractivity contribution in [2.24, 2.45) is 0 Å². The van der Waals surface area contributed by atoms with Crippen molar-refractivity contribution in [2.75, 3.05) is 0 Å². The number of rotatable bonds is 4. The second-order valence-electron chi connectivity index (χ2n) is 20.5. The Morgan fingerprint density at radius 3 is 1.63 bits per heavy atom. The molecular formula is C62H49BN2. The Balaban J connectivity index is 1.29. The Hall–Kier alpha value is -7.36. The zero-order valence-electron chi connectivity index (χ0n) is 37.9. The first kappa shape index (κ1) is 38.1. The van der Waals surface area contributed by atoms with Gasteiger partial charge in [0.1, 0.15) is 0 Å². The summed E-state index contributed by atoms with van der Waals surface area (Å²) in [7, 11) is 0. The number of hydrogen-bond donors (Lipinski definition) is 0. The summed E-state index contributed by atoms with van der Waals surface area (Å²) in [4.78, 5) is 0. The summed E-state index contributed by atoms with van der Waals surface area (Å²) < 4.78 is 5.33. The number of benzene rings is 9. The molecule has 9 aromatic carbocycles. The molecule has 0 fully saturated rings. The van der Waals surface area contributed by atoms with E-state index < -0.39 is 0 Å². The van der Waals surface area contributed by atoms with E-state index in [0.29, 0.717) is 0 Å². The van der Waals surface area contributed by atoms with Gasteiger partial charge in [-0.25, -0.2) is 0 Å². The molecule has 0 radical (unpaired) electrons. The number of nitrogens with zero attached hydrogens (tertiary/aromatic N) is 2. The van der Waals surface area contributed by atoms with Crippen LogP contribution in [0, 0.1) is 0 Å². The molecule has 13 rings (SSSR count). The molecule has 4 heterocycles. The molecule has 0 spiro atoms. The van der Waals surface area contributed by atoms with Crippen LogP contribution in [0.5, 0.6) is 0 Å². The van der Waals surface area contributed by atoms with Crippen LogP contribution >= 0.6 is 0 Å². The minimum Gasteiger partial charge on any atom is -0.310 e. The molecule has 65 heavy (non-hydrogen) atoms. The molecular weight excluding hydrogens is 784 g/mol. The van der Waals surface area contributed by atoms with Crippen LogP contribution in [-0.4, -0.2) is 15.8 Å². The van der Waals surface area contributed by atoms with Crippen molar-refractivity contribution in [3.63, 3.8) is 0 Å². The highest BCUT2D eigenvalue weighted by atomic mass is 15.0. The van der Waals surface area contributed by atoms with Crippen molar-refractivity contribution in [1.82, 2.24) is 9.13 Å². The molecule has 0 N–H and O–H groups in total. The lowest BCUT2D eigenvalue weighted by molar-refractivity contribution is 0.590. The van der Waals surface area contributed by atoms with Crippen LogP contribution in [0.25, 0.3) is 99.5 Å². The maximum absolute atomic E-state index is 2.68. The van der Waals surface area contributed by atoms with Gasteiger partial charge in [0, 0.05) is 38.6 Å². The maximum Gasteiger partial charge on any atom is 0.253 e. The maximum atomic E-state index is 2.68. The first-order valence-corrected chi connectivity index (χ1v) is 23.2. The van der Waals surface area contributed by atoms with E-state index in [1.54, 1.807) is 0 Å². The standard InChI is InChI=1S/C62H49BN2/c1-61(2,3)43-30-31-52-48(35-43)49-36-44(62(4,5)6)37-51-59(49)64(52)53-33-42(46-28-19-18-27-45(46)38-20-10-7-11-21-38)34-54-57(53)63(51)56-47-29-17-16-26-41(47)32-50-55(39-22-12-8-13-23-39)58(65(54)60(50)56)40-24-14-9-15-25-40/h7-37H,1-6H3. The third-order valence-corrected chi connectivity index (χ3v) is 14.6. The second kappa shape index (κ2) is 13.6. The third kappa shape index (κ3) is 5.48. The first-order chi connectivity index (χ1) is 31.5. The van der Waals surface area contributed by atoms with Crippen LogP contribution in [0.4, 0.5) is 0 Å². The normalized spacial score (nSPS) is 13.0. The molecule has 0 saturated carbocycles. The molecule has 0 bridgehead atoms. The molecule has 3 heteroatoms. The Morgan fingerprint density at radius 2 is 0.954 bits per heavy atom. The quantitative estimate of drug-likeness (QED) is 0.156. The van der Waals surface area contributed by atoms with Crippen LogP contribution in [0.3, 0.4) is 0 Å². The van der Waals surface area contributed by atoms with Gasteiger partial charge in [-0.15, -0.1) is 0 Å². The second-order valence-corrected chi connectivity index (χ2v) is 20.5. The summed E-state index contributed by atoms with van der Waals surface area (Å²) in [6.45, 7) is 14.1. The van der Waals surface area contributed by atoms with Crippen LogP contribution < -0.4 is 16.4 Å². The summed E-state index contributed by atoms with van der Waals surface area (Å²) in [5, 5.41) is 6.53. The lowest BCUT2D eigenvalue weighted by Gasteiger charge is -2.36. The third-order valence-electron chi connectivity index (χ3n) is 14.6.